The molecule has 1 N–H and O–H groups in total. The molecule has 3 nitrogen and oxygen atoms in total. The molecule has 1 aromatic heterocycles. The largest absolute Gasteiger partial charge is 0.481 e. The van der Waals surface area contributed by atoms with Crippen molar-refractivity contribution in [3.63, 3.8) is 0 Å². The van der Waals surface area contributed by atoms with Crippen molar-refractivity contribution in [3.8, 4) is 0 Å². The number of benzene rings is 1. The summed E-state index contributed by atoms with van der Waals surface area (Å²) in [6.45, 7) is 1.90. The molecule has 0 aliphatic rings. The second kappa shape index (κ2) is 5.50. The average molecular weight is 282 g/mol. The van der Waals surface area contributed by atoms with Crippen molar-refractivity contribution in [2.45, 2.75) is 19.3 Å². The smallest absolute Gasteiger partial charge is 0.311 e. The molecule has 1 unspecified atom stereocenters. The minimum atomic E-state index is -0.842. The predicted octanol–water partition coefficient (Wildman–Crippen LogP) is 3.52. The van der Waals surface area contributed by atoms with Gasteiger partial charge in [-0.1, -0.05) is 23.7 Å². The van der Waals surface area contributed by atoms with E-state index in [1.54, 1.807) is 24.3 Å². The van der Waals surface area contributed by atoms with Gasteiger partial charge < -0.3 is 5.11 Å². The van der Waals surface area contributed by atoms with Crippen LogP contribution in [0.3, 0.4) is 0 Å². The van der Waals surface area contributed by atoms with Gasteiger partial charge in [0.15, 0.2) is 0 Å². The molecule has 0 aliphatic heterocycles. The number of halogens is 1. The molecular weight excluding hydrogens is 270 g/mol. The summed E-state index contributed by atoms with van der Waals surface area (Å²) >= 11 is 7.29. The summed E-state index contributed by atoms with van der Waals surface area (Å²) in [5, 5.41) is 12.7. The van der Waals surface area contributed by atoms with Crippen molar-refractivity contribution in [1.82, 2.24) is 4.98 Å². The Bertz CT molecular complexity index is 550. The van der Waals surface area contributed by atoms with Crippen LogP contribution in [0, 0.1) is 6.92 Å². The van der Waals surface area contributed by atoms with Gasteiger partial charge in [0.1, 0.15) is 0 Å². The first-order valence-electron chi connectivity index (χ1n) is 5.45. The van der Waals surface area contributed by atoms with Crippen molar-refractivity contribution in [2.75, 3.05) is 0 Å². The van der Waals surface area contributed by atoms with E-state index < -0.39 is 11.9 Å². The number of carbonyl (C=O) groups is 1. The SMILES string of the molecule is Cc1csc(CC(C(=O)O)c2ccc(Cl)cc2)n1. The fraction of sp³-hybridized carbons (Fsp3) is 0.231. The summed E-state index contributed by atoms with van der Waals surface area (Å²) < 4.78 is 0. The molecule has 0 saturated carbocycles. The molecule has 0 fully saturated rings. The van der Waals surface area contributed by atoms with E-state index in [4.69, 9.17) is 11.6 Å². The summed E-state index contributed by atoms with van der Waals surface area (Å²) in [7, 11) is 0. The third-order valence-electron chi connectivity index (χ3n) is 2.62. The summed E-state index contributed by atoms with van der Waals surface area (Å²) in [6, 6.07) is 6.92. The van der Waals surface area contributed by atoms with Gasteiger partial charge in [-0.3, -0.25) is 4.79 Å². The number of rotatable bonds is 4. The molecule has 0 aliphatic carbocycles. The Morgan fingerprint density at radius 3 is 2.61 bits per heavy atom. The Balaban J connectivity index is 2.23. The van der Waals surface area contributed by atoms with Crippen LogP contribution in [0.15, 0.2) is 29.6 Å². The maximum atomic E-state index is 11.3. The van der Waals surface area contributed by atoms with E-state index in [-0.39, 0.29) is 0 Å². The second-order valence-corrected chi connectivity index (χ2v) is 5.41. The Morgan fingerprint density at radius 1 is 1.44 bits per heavy atom. The van der Waals surface area contributed by atoms with E-state index in [0.29, 0.717) is 11.4 Å². The lowest BCUT2D eigenvalue weighted by Gasteiger charge is -2.11. The number of nitrogens with zero attached hydrogens (tertiary/aromatic N) is 1. The third-order valence-corrected chi connectivity index (χ3v) is 3.86. The van der Waals surface area contributed by atoms with E-state index in [1.807, 2.05) is 12.3 Å². The van der Waals surface area contributed by atoms with Gasteiger partial charge in [0.2, 0.25) is 0 Å². The first-order valence-corrected chi connectivity index (χ1v) is 6.71. The van der Waals surface area contributed by atoms with E-state index in [9.17, 15) is 9.90 Å². The molecule has 1 aromatic carbocycles. The summed E-state index contributed by atoms with van der Waals surface area (Å²) in [5.41, 5.74) is 1.68. The molecule has 94 valence electrons. The molecule has 0 amide bonds. The zero-order chi connectivity index (χ0) is 13.1. The van der Waals surface area contributed by atoms with Crippen LogP contribution < -0.4 is 0 Å². The molecule has 0 spiro atoms. The molecule has 0 saturated heterocycles. The van der Waals surface area contributed by atoms with Crippen molar-refractivity contribution < 1.29 is 9.90 Å². The van der Waals surface area contributed by atoms with Crippen LogP contribution in [-0.4, -0.2) is 16.1 Å². The molecule has 2 aromatic rings. The molecule has 0 bridgehead atoms. The van der Waals surface area contributed by atoms with E-state index in [2.05, 4.69) is 4.98 Å². The standard InChI is InChI=1S/C13H12ClNO2S/c1-8-7-18-12(15-8)6-11(13(16)17)9-2-4-10(14)5-3-9/h2-5,7,11H,6H2,1H3,(H,16,17). The Morgan fingerprint density at radius 2 is 2.11 bits per heavy atom. The first-order chi connectivity index (χ1) is 8.56. The van der Waals surface area contributed by atoms with Crippen LogP contribution in [0.1, 0.15) is 22.2 Å². The van der Waals surface area contributed by atoms with Gasteiger partial charge in [0.25, 0.3) is 0 Å². The second-order valence-electron chi connectivity index (χ2n) is 4.03. The van der Waals surface area contributed by atoms with Gasteiger partial charge in [-0.15, -0.1) is 11.3 Å². The van der Waals surface area contributed by atoms with Crippen LogP contribution in [-0.2, 0) is 11.2 Å². The fourth-order valence-corrected chi connectivity index (χ4v) is 2.66. The van der Waals surface area contributed by atoms with Crippen LogP contribution in [0.25, 0.3) is 0 Å². The van der Waals surface area contributed by atoms with E-state index >= 15 is 0 Å². The highest BCUT2D eigenvalue weighted by Gasteiger charge is 2.21. The molecule has 5 heteroatoms. The number of hydrogen-bond donors (Lipinski definition) is 1. The first kappa shape index (κ1) is 13.1. The number of aliphatic carboxylic acids is 1. The third kappa shape index (κ3) is 3.09. The number of carboxylic acids is 1. The van der Waals surface area contributed by atoms with E-state index in [1.165, 1.54) is 11.3 Å². The van der Waals surface area contributed by atoms with Crippen molar-refractivity contribution >= 4 is 28.9 Å². The van der Waals surface area contributed by atoms with E-state index in [0.717, 1.165) is 16.3 Å². The topological polar surface area (TPSA) is 50.2 Å². The van der Waals surface area contributed by atoms with Gasteiger partial charge in [0.05, 0.1) is 10.9 Å². The number of aromatic nitrogens is 1. The lowest BCUT2D eigenvalue weighted by molar-refractivity contribution is -0.138. The highest BCUT2D eigenvalue weighted by Crippen LogP contribution is 2.24. The molecule has 1 heterocycles. The summed E-state index contributed by atoms with van der Waals surface area (Å²) in [6.07, 6.45) is 0.412. The maximum absolute atomic E-state index is 11.3. The fourth-order valence-electron chi connectivity index (χ4n) is 1.71. The Kier molecular flexibility index (Phi) is 3.99. The average Bonchev–Trinajstić information content (AvgIpc) is 2.73. The lowest BCUT2D eigenvalue weighted by Crippen LogP contribution is -2.14. The van der Waals surface area contributed by atoms with Gasteiger partial charge >= 0.3 is 5.97 Å². The highest BCUT2D eigenvalue weighted by molar-refractivity contribution is 7.09. The Hall–Kier alpha value is -1.39. The summed E-state index contributed by atoms with van der Waals surface area (Å²) in [5.74, 6) is -1.42. The molecular formula is C13H12ClNO2S. The zero-order valence-electron chi connectivity index (χ0n) is 9.76. The van der Waals surface area contributed by atoms with Gasteiger partial charge in [-0.2, -0.15) is 0 Å². The van der Waals surface area contributed by atoms with Gasteiger partial charge in [0, 0.05) is 22.5 Å². The highest BCUT2D eigenvalue weighted by atomic mass is 35.5. The predicted molar refractivity (Wildman–Crippen MR) is 72.4 cm³/mol. The minimum Gasteiger partial charge on any atom is -0.481 e. The zero-order valence-corrected chi connectivity index (χ0v) is 11.3. The summed E-state index contributed by atoms with van der Waals surface area (Å²) in [4.78, 5) is 15.6. The van der Waals surface area contributed by atoms with Gasteiger partial charge in [-0.05, 0) is 24.6 Å². The minimum absolute atomic E-state index is 0.412. The maximum Gasteiger partial charge on any atom is 0.311 e. The number of hydrogen-bond acceptors (Lipinski definition) is 3. The number of thiazole rings is 1. The monoisotopic (exact) mass is 281 g/mol. The quantitative estimate of drug-likeness (QED) is 0.933. The van der Waals surface area contributed by atoms with Crippen LogP contribution in [0.2, 0.25) is 5.02 Å². The normalized spacial score (nSPS) is 12.3. The van der Waals surface area contributed by atoms with Crippen molar-refractivity contribution in [2.24, 2.45) is 0 Å². The van der Waals surface area contributed by atoms with Crippen LogP contribution >= 0.6 is 22.9 Å². The number of aryl methyl sites for hydroxylation is 1. The number of carboxylic acid groups (broad SMARTS) is 1. The van der Waals surface area contributed by atoms with Gasteiger partial charge in [-0.25, -0.2) is 4.98 Å². The molecule has 0 radical (unpaired) electrons. The molecule has 1 atom stereocenters. The Labute approximate surface area is 114 Å². The van der Waals surface area contributed by atoms with Crippen molar-refractivity contribution in [1.29, 1.82) is 0 Å². The molecule has 18 heavy (non-hydrogen) atoms. The van der Waals surface area contributed by atoms with Crippen molar-refractivity contribution in [3.05, 3.63) is 50.9 Å². The lowest BCUT2D eigenvalue weighted by atomic mass is 9.96. The molecule has 2 rings (SSSR count). The van der Waals surface area contributed by atoms with Crippen LogP contribution in [0.4, 0.5) is 0 Å². The van der Waals surface area contributed by atoms with Crippen LogP contribution in [0.5, 0.6) is 0 Å².